The zero-order chi connectivity index (χ0) is 14.5. The summed E-state index contributed by atoms with van der Waals surface area (Å²) in [5, 5.41) is 3.65. The highest BCUT2D eigenvalue weighted by molar-refractivity contribution is 7.80. The highest BCUT2D eigenvalue weighted by Gasteiger charge is 2.09. The molecule has 0 atom stereocenters. The zero-order valence-corrected chi connectivity index (χ0v) is 12.4. The smallest absolute Gasteiger partial charge is 0.267 e. The molecule has 0 radical (unpaired) electrons. The number of carbonyl (C=O) groups excluding carboxylic acids is 1. The highest BCUT2D eigenvalue weighted by atomic mass is 32.1. The minimum Gasteiger partial charge on any atom is -0.487 e. The van der Waals surface area contributed by atoms with Crippen LogP contribution in [0.25, 0.3) is 0 Å². The third-order valence-electron chi connectivity index (χ3n) is 2.34. The van der Waals surface area contributed by atoms with E-state index in [0.717, 1.165) is 5.01 Å². The summed E-state index contributed by atoms with van der Waals surface area (Å²) < 4.78 is 5.33. The van der Waals surface area contributed by atoms with Crippen LogP contribution in [-0.2, 0) is 0 Å². The summed E-state index contributed by atoms with van der Waals surface area (Å²) in [4.78, 5) is 16.8. The van der Waals surface area contributed by atoms with Crippen LogP contribution in [0.15, 0.2) is 30.5 Å². The lowest BCUT2D eigenvalue weighted by Crippen LogP contribution is -2.17. The molecule has 1 aromatic heterocycles. The fraction of sp³-hybridized carbons (Fsp3) is 0.154. The van der Waals surface area contributed by atoms with E-state index in [4.69, 9.17) is 22.7 Å². The Hall–Kier alpha value is -1.99. The summed E-state index contributed by atoms with van der Waals surface area (Å²) in [7, 11) is 0. The van der Waals surface area contributed by atoms with Gasteiger partial charge in [0.2, 0.25) is 0 Å². The number of hydrogen-bond acceptors (Lipinski definition) is 5. The molecule has 2 rings (SSSR count). The van der Waals surface area contributed by atoms with Crippen molar-refractivity contribution < 1.29 is 9.53 Å². The standard InChI is InChI=1S/C13H13N3O2S2/c1-8-15-6-11(20-8)13(17)16-9-2-4-10(5-3-9)18-7-12(14)19/h2-6H,7H2,1H3,(H2,14,19)(H,16,17). The number of thiocarbonyl (C=S) groups is 1. The number of anilines is 1. The second kappa shape index (κ2) is 6.44. The number of nitrogens with one attached hydrogen (secondary N) is 1. The summed E-state index contributed by atoms with van der Waals surface area (Å²) in [6, 6.07) is 6.99. The first kappa shape index (κ1) is 14.4. The number of ether oxygens (including phenoxy) is 1. The molecular formula is C13H13N3O2S2. The van der Waals surface area contributed by atoms with Gasteiger partial charge in [-0.3, -0.25) is 4.79 Å². The molecule has 3 N–H and O–H groups in total. The lowest BCUT2D eigenvalue weighted by molar-refractivity contribution is 0.103. The maximum Gasteiger partial charge on any atom is 0.267 e. The van der Waals surface area contributed by atoms with Gasteiger partial charge >= 0.3 is 0 Å². The van der Waals surface area contributed by atoms with Crippen molar-refractivity contribution in [3.05, 3.63) is 40.3 Å². The Labute approximate surface area is 125 Å². The fourth-order valence-corrected chi connectivity index (χ4v) is 2.18. The van der Waals surface area contributed by atoms with Crippen molar-refractivity contribution >= 4 is 40.1 Å². The molecule has 0 aliphatic rings. The minimum absolute atomic E-state index is 0.174. The van der Waals surface area contributed by atoms with Crippen LogP contribution in [-0.4, -0.2) is 22.5 Å². The van der Waals surface area contributed by atoms with Gasteiger partial charge in [-0.2, -0.15) is 0 Å². The summed E-state index contributed by atoms with van der Waals surface area (Å²) in [5.41, 5.74) is 6.03. The number of nitrogens with zero attached hydrogens (tertiary/aromatic N) is 1. The number of amides is 1. The molecular weight excluding hydrogens is 294 g/mol. The van der Waals surface area contributed by atoms with Crippen molar-refractivity contribution in [1.82, 2.24) is 4.98 Å². The number of rotatable bonds is 5. The number of hydrogen-bond donors (Lipinski definition) is 2. The summed E-state index contributed by atoms with van der Waals surface area (Å²) in [6.45, 7) is 2.05. The van der Waals surface area contributed by atoms with Crippen molar-refractivity contribution in [2.45, 2.75) is 6.92 Å². The molecule has 0 saturated heterocycles. The molecule has 0 aliphatic carbocycles. The Morgan fingerprint density at radius 1 is 1.45 bits per heavy atom. The second-order valence-corrected chi connectivity index (χ2v) is 5.74. The molecule has 0 fully saturated rings. The van der Waals surface area contributed by atoms with Gasteiger partial charge in [0.25, 0.3) is 5.91 Å². The molecule has 5 nitrogen and oxygen atoms in total. The molecule has 1 amide bonds. The van der Waals surface area contributed by atoms with Crippen molar-refractivity contribution in [2.75, 3.05) is 11.9 Å². The maximum absolute atomic E-state index is 11.9. The molecule has 0 aliphatic heterocycles. The third-order valence-corrected chi connectivity index (χ3v) is 3.37. The number of benzene rings is 1. The van der Waals surface area contributed by atoms with E-state index in [1.807, 2.05) is 6.92 Å². The minimum atomic E-state index is -0.174. The first-order valence-electron chi connectivity index (χ1n) is 5.79. The fourth-order valence-electron chi connectivity index (χ4n) is 1.45. The van der Waals surface area contributed by atoms with Gasteiger partial charge in [0.05, 0.1) is 11.2 Å². The van der Waals surface area contributed by atoms with Crippen LogP contribution in [0.4, 0.5) is 5.69 Å². The van der Waals surface area contributed by atoms with Gasteiger partial charge in [-0.15, -0.1) is 11.3 Å². The number of nitrogens with two attached hydrogens (primary N) is 1. The van der Waals surface area contributed by atoms with E-state index in [2.05, 4.69) is 10.3 Å². The SMILES string of the molecule is Cc1ncc(C(=O)Nc2ccc(OCC(N)=S)cc2)s1. The Balaban J connectivity index is 1.96. The molecule has 20 heavy (non-hydrogen) atoms. The predicted molar refractivity (Wildman–Crippen MR) is 83.5 cm³/mol. The average Bonchev–Trinajstić information content (AvgIpc) is 2.85. The molecule has 2 aromatic rings. The van der Waals surface area contributed by atoms with E-state index in [9.17, 15) is 4.79 Å². The number of aryl methyl sites for hydroxylation is 1. The normalized spacial score (nSPS) is 10.1. The van der Waals surface area contributed by atoms with Crippen LogP contribution in [0.3, 0.4) is 0 Å². The van der Waals surface area contributed by atoms with Gasteiger partial charge < -0.3 is 15.8 Å². The summed E-state index contributed by atoms with van der Waals surface area (Å²) in [5.74, 6) is 0.469. The molecule has 1 aromatic carbocycles. The number of carbonyl (C=O) groups is 1. The van der Waals surface area contributed by atoms with E-state index < -0.39 is 0 Å². The van der Waals surface area contributed by atoms with Crippen molar-refractivity contribution in [3.8, 4) is 5.75 Å². The van der Waals surface area contributed by atoms with Crippen LogP contribution in [0.2, 0.25) is 0 Å². The van der Waals surface area contributed by atoms with Crippen LogP contribution >= 0.6 is 23.6 Å². The predicted octanol–water partition coefficient (Wildman–Crippen LogP) is 2.37. The molecule has 104 valence electrons. The van der Waals surface area contributed by atoms with E-state index >= 15 is 0 Å². The molecule has 0 saturated carbocycles. The average molecular weight is 307 g/mol. The van der Waals surface area contributed by atoms with E-state index in [-0.39, 0.29) is 12.5 Å². The largest absolute Gasteiger partial charge is 0.487 e. The Morgan fingerprint density at radius 3 is 2.70 bits per heavy atom. The van der Waals surface area contributed by atoms with Crippen LogP contribution in [0.1, 0.15) is 14.7 Å². The Kier molecular flexibility index (Phi) is 4.65. The summed E-state index contributed by atoms with van der Waals surface area (Å²) in [6.07, 6.45) is 1.56. The van der Waals surface area contributed by atoms with Crippen molar-refractivity contribution in [2.24, 2.45) is 5.73 Å². The van der Waals surface area contributed by atoms with Crippen molar-refractivity contribution in [1.29, 1.82) is 0 Å². The first-order valence-corrected chi connectivity index (χ1v) is 7.02. The quantitative estimate of drug-likeness (QED) is 0.829. The van der Waals surface area contributed by atoms with Crippen LogP contribution in [0, 0.1) is 6.92 Å². The van der Waals surface area contributed by atoms with Gasteiger partial charge in [-0.1, -0.05) is 12.2 Å². The Morgan fingerprint density at radius 2 is 2.15 bits per heavy atom. The van der Waals surface area contributed by atoms with Crippen molar-refractivity contribution in [3.63, 3.8) is 0 Å². The number of thiazole rings is 1. The van der Waals surface area contributed by atoms with Gasteiger partial charge in [-0.25, -0.2) is 4.98 Å². The number of aromatic nitrogens is 1. The van der Waals surface area contributed by atoms with Crippen LogP contribution in [0.5, 0.6) is 5.75 Å². The molecule has 0 unspecified atom stereocenters. The lowest BCUT2D eigenvalue weighted by atomic mass is 10.3. The Bertz CT molecular complexity index is 623. The van der Waals surface area contributed by atoms with E-state index in [1.54, 1.807) is 30.5 Å². The topological polar surface area (TPSA) is 77.2 Å². The van der Waals surface area contributed by atoms with Gasteiger partial charge in [-0.05, 0) is 31.2 Å². The van der Waals surface area contributed by atoms with Gasteiger partial charge in [0.15, 0.2) is 0 Å². The molecule has 1 heterocycles. The zero-order valence-electron chi connectivity index (χ0n) is 10.8. The maximum atomic E-state index is 11.9. The highest BCUT2D eigenvalue weighted by Crippen LogP contribution is 2.18. The van der Waals surface area contributed by atoms with E-state index in [0.29, 0.717) is 21.3 Å². The molecule has 0 spiro atoms. The third kappa shape index (κ3) is 4.01. The first-order chi connectivity index (χ1) is 9.54. The lowest BCUT2D eigenvalue weighted by Gasteiger charge is -2.07. The van der Waals surface area contributed by atoms with E-state index in [1.165, 1.54) is 11.3 Å². The summed E-state index contributed by atoms with van der Waals surface area (Å²) >= 11 is 6.08. The van der Waals surface area contributed by atoms with Gasteiger partial charge in [0.1, 0.15) is 22.2 Å². The second-order valence-electron chi connectivity index (χ2n) is 3.98. The van der Waals surface area contributed by atoms with Gasteiger partial charge in [0, 0.05) is 5.69 Å². The van der Waals surface area contributed by atoms with Crippen LogP contribution < -0.4 is 15.8 Å². The molecule has 0 bridgehead atoms. The molecule has 7 heteroatoms. The monoisotopic (exact) mass is 307 g/mol.